The summed E-state index contributed by atoms with van der Waals surface area (Å²) in [5.74, 6) is 1.20. The molecule has 1 heterocycles. The number of carbonyl (C=O) groups excluding carboxylic acids is 1. The average molecular weight is 615 g/mol. The first-order valence-corrected chi connectivity index (χ1v) is 19.5. The number of hydrogen-bond acceptors (Lipinski definition) is 4. The van der Waals surface area contributed by atoms with E-state index in [2.05, 4.69) is 43.1 Å². The van der Waals surface area contributed by atoms with Crippen LogP contribution in [0.3, 0.4) is 0 Å². The second-order valence-corrected chi connectivity index (χ2v) is 13.2. The molecule has 0 aromatic heterocycles. The number of carbonyl (C=O) groups is 1. The SMILES string of the molecule is CCCCCCCCC=CCCCCCCCC(=O)OCCN1CCN=C1CCCCCCCC=CCCCCCCCC. The molecule has 0 saturated heterocycles. The molecule has 1 aliphatic heterocycles. The monoisotopic (exact) mass is 615 g/mol. The van der Waals surface area contributed by atoms with Crippen molar-refractivity contribution in [2.24, 2.45) is 4.99 Å². The van der Waals surface area contributed by atoms with Gasteiger partial charge in [-0.25, -0.2) is 0 Å². The smallest absolute Gasteiger partial charge is 0.305 e. The molecule has 0 bridgehead atoms. The van der Waals surface area contributed by atoms with Gasteiger partial charge in [-0.1, -0.05) is 141 Å². The Bertz CT molecular complexity index is 714. The molecule has 0 radical (unpaired) electrons. The van der Waals surface area contributed by atoms with Gasteiger partial charge in [0, 0.05) is 19.4 Å². The highest BCUT2D eigenvalue weighted by Crippen LogP contribution is 2.14. The minimum absolute atomic E-state index is 0.0300. The largest absolute Gasteiger partial charge is 0.464 e. The van der Waals surface area contributed by atoms with Gasteiger partial charge >= 0.3 is 5.97 Å². The maximum absolute atomic E-state index is 12.2. The molecule has 0 aliphatic carbocycles. The first-order chi connectivity index (χ1) is 21.8. The van der Waals surface area contributed by atoms with Gasteiger partial charge in [-0.15, -0.1) is 0 Å². The Morgan fingerprint density at radius 1 is 0.614 bits per heavy atom. The average Bonchev–Trinajstić information content (AvgIpc) is 3.48. The lowest BCUT2D eigenvalue weighted by atomic mass is 10.1. The van der Waals surface area contributed by atoms with E-state index in [1.807, 2.05) is 0 Å². The number of nitrogens with zero attached hydrogens (tertiary/aromatic N) is 2. The van der Waals surface area contributed by atoms with E-state index in [0.717, 1.165) is 38.9 Å². The summed E-state index contributed by atoms with van der Waals surface area (Å²) in [7, 11) is 0. The van der Waals surface area contributed by atoms with Crippen molar-refractivity contribution in [2.45, 2.75) is 194 Å². The maximum Gasteiger partial charge on any atom is 0.305 e. The zero-order valence-electron chi connectivity index (χ0n) is 29.6. The van der Waals surface area contributed by atoms with Gasteiger partial charge in [0.15, 0.2) is 0 Å². The number of amidine groups is 1. The van der Waals surface area contributed by atoms with Crippen LogP contribution in [0.4, 0.5) is 0 Å². The predicted octanol–water partition coefficient (Wildman–Crippen LogP) is 12.3. The molecule has 256 valence electrons. The normalized spacial score (nSPS) is 13.5. The summed E-state index contributed by atoms with van der Waals surface area (Å²) in [6, 6.07) is 0. The van der Waals surface area contributed by atoms with Crippen LogP contribution in [0.15, 0.2) is 29.3 Å². The highest BCUT2D eigenvalue weighted by molar-refractivity contribution is 5.83. The van der Waals surface area contributed by atoms with E-state index in [4.69, 9.17) is 9.73 Å². The van der Waals surface area contributed by atoms with Crippen LogP contribution < -0.4 is 0 Å². The lowest BCUT2D eigenvalue weighted by Crippen LogP contribution is -2.31. The number of ether oxygens (including phenoxy) is 1. The van der Waals surface area contributed by atoms with Gasteiger partial charge in [0.25, 0.3) is 0 Å². The number of hydrogen-bond donors (Lipinski definition) is 0. The molecule has 0 aromatic carbocycles. The predicted molar refractivity (Wildman–Crippen MR) is 194 cm³/mol. The van der Waals surface area contributed by atoms with Crippen molar-refractivity contribution in [3.8, 4) is 0 Å². The van der Waals surface area contributed by atoms with Crippen LogP contribution in [0.1, 0.15) is 194 Å². The molecule has 0 atom stereocenters. The molecule has 1 aliphatic rings. The Labute approximate surface area is 275 Å². The van der Waals surface area contributed by atoms with Crippen LogP contribution >= 0.6 is 0 Å². The van der Waals surface area contributed by atoms with Gasteiger partial charge < -0.3 is 9.64 Å². The summed E-state index contributed by atoms with van der Waals surface area (Å²) >= 11 is 0. The van der Waals surface area contributed by atoms with Gasteiger partial charge in [-0.2, -0.15) is 0 Å². The molecule has 0 aromatic rings. The van der Waals surface area contributed by atoms with Gasteiger partial charge in [0.05, 0.1) is 18.9 Å². The minimum atomic E-state index is -0.0300. The van der Waals surface area contributed by atoms with Crippen LogP contribution in [0.5, 0.6) is 0 Å². The van der Waals surface area contributed by atoms with E-state index in [0.29, 0.717) is 13.0 Å². The van der Waals surface area contributed by atoms with E-state index in [9.17, 15) is 4.79 Å². The zero-order valence-corrected chi connectivity index (χ0v) is 29.6. The Balaban J connectivity index is 1.88. The maximum atomic E-state index is 12.2. The molecular weight excluding hydrogens is 540 g/mol. The second-order valence-electron chi connectivity index (χ2n) is 13.2. The second kappa shape index (κ2) is 32.8. The fourth-order valence-corrected chi connectivity index (χ4v) is 6.04. The Kier molecular flexibility index (Phi) is 30.2. The first-order valence-electron chi connectivity index (χ1n) is 19.5. The number of rotatable bonds is 33. The summed E-state index contributed by atoms with van der Waals surface area (Å²) in [5.41, 5.74) is 0. The van der Waals surface area contributed by atoms with E-state index >= 15 is 0 Å². The molecule has 0 saturated carbocycles. The summed E-state index contributed by atoms with van der Waals surface area (Å²) in [5, 5.41) is 0. The van der Waals surface area contributed by atoms with Gasteiger partial charge in [0.2, 0.25) is 0 Å². The fraction of sp³-hybridized carbons (Fsp3) is 0.850. The van der Waals surface area contributed by atoms with Crippen molar-refractivity contribution in [2.75, 3.05) is 26.2 Å². The standard InChI is InChI=1S/C40H74N2O2/c1-3-5-7-9-11-13-15-17-19-21-23-25-27-29-31-33-39-41-35-36-42(39)37-38-44-40(43)34-32-30-28-26-24-22-20-18-16-14-12-10-8-6-4-2/h17-20H,3-16,21-38H2,1-2H3. The van der Waals surface area contributed by atoms with E-state index in [1.54, 1.807) is 0 Å². The summed E-state index contributed by atoms with van der Waals surface area (Å²) in [4.78, 5) is 19.2. The van der Waals surface area contributed by atoms with Crippen LogP contribution in [0, 0.1) is 0 Å². The van der Waals surface area contributed by atoms with Gasteiger partial charge in [-0.05, 0) is 64.2 Å². The molecular formula is C40H74N2O2. The Morgan fingerprint density at radius 2 is 1.05 bits per heavy atom. The zero-order chi connectivity index (χ0) is 31.6. The number of esters is 1. The van der Waals surface area contributed by atoms with Crippen molar-refractivity contribution >= 4 is 11.8 Å². The number of allylic oxidation sites excluding steroid dienone is 4. The van der Waals surface area contributed by atoms with Crippen LogP contribution in [0.25, 0.3) is 0 Å². The molecule has 1 rings (SSSR count). The third-order valence-corrected chi connectivity index (χ3v) is 8.96. The Hall–Kier alpha value is -1.58. The molecule has 0 unspecified atom stereocenters. The highest BCUT2D eigenvalue weighted by atomic mass is 16.5. The molecule has 0 spiro atoms. The molecule has 0 fully saturated rings. The number of unbranched alkanes of at least 4 members (excludes halogenated alkanes) is 22. The van der Waals surface area contributed by atoms with Gasteiger partial charge in [-0.3, -0.25) is 9.79 Å². The molecule has 44 heavy (non-hydrogen) atoms. The molecule has 0 N–H and O–H groups in total. The lowest BCUT2D eigenvalue weighted by molar-refractivity contribution is -0.143. The van der Waals surface area contributed by atoms with Crippen LogP contribution in [-0.4, -0.2) is 42.9 Å². The first kappa shape index (κ1) is 40.4. The van der Waals surface area contributed by atoms with E-state index < -0.39 is 0 Å². The third-order valence-electron chi connectivity index (χ3n) is 8.96. The van der Waals surface area contributed by atoms with E-state index in [1.165, 1.54) is 160 Å². The summed E-state index contributed by atoms with van der Waals surface area (Å²) < 4.78 is 5.55. The van der Waals surface area contributed by atoms with Crippen molar-refractivity contribution in [1.29, 1.82) is 0 Å². The van der Waals surface area contributed by atoms with E-state index in [-0.39, 0.29) is 5.97 Å². The Morgan fingerprint density at radius 3 is 1.55 bits per heavy atom. The number of aliphatic imine (C=N–C) groups is 1. The quantitative estimate of drug-likeness (QED) is 0.0419. The molecule has 4 heteroatoms. The minimum Gasteiger partial charge on any atom is -0.464 e. The fourth-order valence-electron chi connectivity index (χ4n) is 6.04. The third kappa shape index (κ3) is 26.8. The highest BCUT2D eigenvalue weighted by Gasteiger charge is 2.16. The lowest BCUT2D eigenvalue weighted by Gasteiger charge is -2.20. The van der Waals surface area contributed by atoms with Crippen molar-refractivity contribution in [1.82, 2.24) is 4.90 Å². The molecule has 0 amide bonds. The van der Waals surface area contributed by atoms with Crippen molar-refractivity contribution < 1.29 is 9.53 Å². The van der Waals surface area contributed by atoms with Crippen LogP contribution in [0.2, 0.25) is 0 Å². The summed E-state index contributed by atoms with van der Waals surface area (Å²) in [6.45, 7) is 7.72. The topological polar surface area (TPSA) is 41.9 Å². The molecule has 4 nitrogen and oxygen atoms in total. The van der Waals surface area contributed by atoms with Gasteiger partial charge in [0.1, 0.15) is 6.61 Å². The van der Waals surface area contributed by atoms with Crippen molar-refractivity contribution in [3.05, 3.63) is 24.3 Å². The summed E-state index contributed by atoms with van der Waals surface area (Å²) in [6.07, 6.45) is 45.1. The van der Waals surface area contributed by atoms with Crippen LogP contribution in [-0.2, 0) is 9.53 Å². The van der Waals surface area contributed by atoms with Crippen molar-refractivity contribution in [3.63, 3.8) is 0 Å².